The van der Waals surface area contributed by atoms with Crippen LogP contribution in [-0.4, -0.2) is 45.5 Å². The van der Waals surface area contributed by atoms with Gasteiger partial charge >= 0.3 is 5.97 Å². The molecule has 5 rings (SSSR count). The van der Waals surface area contributed by atoms with Crippen molar-refractivity contribution < 1.29 is 18.7 Å². The van der Waals surface area contributed by atoms with E-state index in [0.29, 0.717) is 28.8 Å². The van der Waals surface area contributed by atoms with Crippen molar-refractivity contribution in [2.75, 3.05) is 19.7 Å². The van der Waals surface area contributed by atoms with E-state index >= 15 is 0 Å². The van der Waals surface area contributed by atoms with Crippen LogP contribution in [0.1, 0.15) is 58.0 Å². The van der Waals surface area contributed by atoms with Crippen LogP contribution in [0.25, 0.3) is 10.3 Å². The third-order valence-corrected chi connectivity index (χ3v) is 7.40. The molecule has 1 aromatic carbocycles. The fraction of sp³-hybridized carbons (Fsp3) is 0.333. The molecule has 37 heavy (non-hydrogen) atoms. The Labute approximate surface area is 217 Å². The number of fused-ring (bicyclic) bond motifs is 1. The molecule has 0 spiro atoms. The molecule has 10 heteroatoms. The van der Waals surface area contributed by atoms with E-state index in [4.69, 9.17) is 14.7 Å². The Morgan fingerprint density at radius 1 is 1.24 bits per heavy atom. The van der Waals surface area contributed by atoms with Crippen molar-refractivity contribution in [2.24, 2.45) is 0 Å². The number of hydrogen-bond donors (Lipinski definition) is 1. The summed E-state index contributed by atoms with van der Waals surface area (Å²) in [6.07, 6.45) is 1.92. The molecule has 1 aliphatic rings. The predicted molar refractivity (Wildman–Crippen MR) is 137 cm³/mol. The quantitative estimate of drug-likeness (QED) is 0.321. The van der Waals surface area contributed by atoms with Crippen LogP contribution in [0.5, 0.6) is 5.88 Å². The van der Waals surface area contributed by atoms with Crippen LogP contribution in [0.15, 0.2) is 42.5 Å². The second-order valence-electron chi connectivity index (χ2n) is 8.89. The first-order valence-corrected chi connectivity index (χ1v) is 13.0. The van der Waals surface area contributed by atoms with Crippen molar-refractivity contribution >= 4 is 27.7 Å². The van der Waals surface area contributed by atoms with Crippen LogP contribution in [0.2, 0.25) is 0 Å². The molecule has 0 aliphatic carbocycles. The smallest absolute Gasteiger partial charge is 0.348 e. The normalized spacial score (nSPS) is 14.5. The molecule has 190 valence electrons. The van der Waals surface area contributed by atoms with Gasteiger partial charge in [0.05, 0.1) is 30.3 Å². The van der Waals surface area contributed by atoms with Gasteiger partial charge in [-0.1, -0.05) is 12.1 Å². The molecule has 4 heterocycles. The second-order valence-corrected chi connectivity index (χ2v) is 9.92. The highest BCUT2D eigenvalue weighted by molar-refractivity contribution is 7.20. The zero-order valence-electron chi connectivity index (χ0n) is 20.4. The van der Waals surface area contributed by atoms with Crippen LogP contribution in [0, 0.1) is 17.1 Å². The summed E-state index contributed by atoms with van der Waals surface area (Å²) in [5, 5.41) is 8.89. The number of nitrogens with one attached hydrogen (secondary N) is 1. The summed E-state index contributed by atoms with van der Waals surface area (Å²) in [6.45, 7) is 4.74. The molecule has 4 aromatic rings. The molecule has 0 unspecified atom stereocenters. The summed E-state index contributed by atoms with van der Waals surface area (Å²) in [4.78, 5) is 28.3. The number of halogens is 1. The number of likely N-dealkylation sites (tertiary alicyclic amines) is 1. The Kier molecular flexibility index (Phi) is 7.44. The monoisotopic (exact) mass is 519 g/mol. The fourth-order valence-electron chi connectivity index (χ4n) is 4.46. The van der Waals surface area contributed by atoms with Crippen molar-refractivity contribution in [1.29, 1.82) is 5.26 Å². The van der Waals surface area contributed by atoms with Crippen LogP contribution in [-0.2, 0) is 17.9 Å². The molecule has 0 radical (unpaired) electrons. The van der Waals surface area contributed by atoms with Crippen LogP contribution >= 0.6 is 11.3 Å². The molecule has 1 aliphatic heterocycles. The Hall–Kier alpha value is -3.81. The number of imidazole rings is 1. The largest absolute Gasteiger partial charge is 0.473 e. The molecule has 0 amide bonds. The molecule has 0 bridgehead atoms. The number of thiophene rings is 1. The lowest BCUT2D eigenvalue weighted by Gasteiger charge is -2.31. The second kappa shape index (κ2) is 11.1. The highest BCUT2D eigenvalue weighted by Gasteiger charge is 2.23. The summed E-state index contributed by atoms with van der Waals surface area (Å²) in [5.41, 5.74) is 2.50. The molecule has 8 nitrogen and oxygen atoms in total. The number of rotatable bonds is 8. The SMILES string of the molecule is CCOC(=O)c1cc2[nH]c(CN3CCC(c4cccc(OCc5ccc(C#N)cc5F)n4)CC3)nc2s1. The zero-order chi connectivity index (χ0) is 25.8. The zero-order valence-corrected chi connectivity index (χ0v) is 21.2. The Bertz CT molecular complexity index is 1420. The topological polar surface area (TPSA) is 104 Å². The third-order valence-electron chi connectivity index (χ3n) is 6.39. The molecular formula is C27H26FN5O3S. The number of esters is 1. The van der Waals surface area contributed by atoms with Crippen molar-refractivity contribution in [3.63, 3.8) is 0 Å². The number of piperidine rings is 1. The molecule has 1 saturated heterocycles. The number of nitrogens with zero attached hydrogens (tertiary/aromatic N) is 4. The number of aromatic nitrogens is 3. The van der Waals surface area contributed by atoms with E-state index < -0.39 is 5.82 Å². The number of nitriles is 1. The van der Waals surface area contributed by atoms with Gasteiger partial charge in [0.15, 0.2) is 0 Å². The van der Waals surface area contributed by atoms with Gasteiger partial charge in [-0.3, -0.25) is 4.90 Å². The maximum atomic E-state index is 14.1. The summed E-state index contributed by atoms with van der Waals surface area (Å²) in [5.74, 6) is 0.893. The Balaban J connectivity index is 1.14. The number of aromatic amines is 1. The van der Waals surface area contributed by atoms with Crippen molar-refractivity contribution in [3.8, 4) is 11.9 Å². The summed E-state index contributed by atoms with van der Waals surface area (Å²) in [6, 6.07) is 13.8. The van der Waals surface area contributed by atoms with E-state index in [2.05, 4.69) is 19.9 Å². The first-order valence-electron chi connectivity index (χ1n) is 12.2. The molecule has 3 aromatic heterocycles. The maximum Gasteiger partial charge on any atom is 0.348 e. The molecule has 1 fully saturated rings. The van der Waals surface area contributed by atoms with Crippen LogP contribution in [0.3, 0.4) is 0 Å². The van der Waals surface area contributed by atoms with E-state index in [1.807, 2.05) is 18.2 Å². The first-order chi connectivity index (χ1) is 18.0. The lowest BCUT2D eigenvalue weighted by Crippen LogP contribution is -2.33. The number of ether oxygens (including phenoxy) is 2. The van der Waals surface area contributed by atoms with E-state index in [9.17, 15) is 9.18 Å². The number of benzene rings is 1. The lowest BCUT2D eigenvalue weighted by molar-refractivity contribution is 0.0532. The van der Waals surface area contributed by atoms with Crippen molar-refractivity contribution in [1.82, 2.24) is 19.9 Å². The number of carbonyl (C=O) groups excluding carboxylic acids is 1. The third kappa shape index (κ3) is 5.79. The summed E-state index contributed by atoms with van der Waals surface area (Å²) in [7, 11) is 0. The van der Waals surface area contributed by atoms with Gasteiger partial charge in [-0.2, -0.15) is 5.26 Å². The summed E-state index contributed by atoms with van der Waals surface area (Å²) >= 11 is 1.34. The minimum absolute atomic E-state index is 0.0499. The maximum absolute atomic E-state index is 14.1. The van der Waals surface area contributed by atoms with Gasteiger partial charge in [0.1, 0.15) is 28.0 Å². The highest BCUT2D eigenvalue weighted by atomic mass is 32.1. The molecular weight excluding hydrogens is 493 g/mol. The van der Waals surface area contributed by atoms with Gasteiger partial charge in [0.25, 0.3) is 0 Å². The minimum atomic E-state index is -0.460. The van der Waals surface area contributed by atoms with Crippen molar-refractivity contribution in [3.05, 3.63) is 75.8 Å². The number of H-pyrrole nitrogens is 1. The van der Waals surface area contributed by atoms with Gasteiger partial charge in [-0.15, -0.1) is 11.3 Å². The summed E-state index contributed by atoms with van der Waals surface area (Å²) < 4.78 is 25.0. The predicted octanol–water partition coefficient (Wildman–Crippen LogP) is 5.17. The number of pyridine rings is 1. The minimum Gasteiger partial charge on any atom is -0.473 e. The standard InChI is InChI=1S/C27H26FN5O3S/c1-2-35-27(34)23-13-22-26(37-23)32-24(30-22)15-33-10-8-18(9-11-33)21-4-3-5-25(31-21)36-16-19-7-6-17(14-29)12-20(19)28/h3-7,12-13,18H,2,8-11,15-16H2,1H3,(H,30,32). The highest BCUT2D eigenvalue weighted by Crippen LogP contribution is 2.30. The van der Waals surface area contributed by atoms with Crippen molar-refractivity contribution in [2.45, 2.75) is 38.8 Å². The fourth-order valence-corrected chi connectivity index (χ4v) is 5.36. The Morgan fingerprint density at radius 2 is 2.08 bits per heavy atom. The van der Waals surface area contributed by atoms with Gasteiger partial charge in [0.2, 0.25) is 5.88 Å². The van der Waals surface area contributed by atoms with Crippen LogP contribution < -0.4 is 4.74 Å². The number of carbonyl (C=O) groups is 1. The van der Waals surface area contributed by atoms with E-state index in [-0.39, 0.29) is 18.1 Å². The lowest BCUT2D eigenvalue weighted by atomic mass is 9.93. The molecule has 1 N–H and O–H groups in total. The van der Waals surface area contributed by atoms with Gasteiger partial charge in [0, 0.05) is 23.2 Å². The van der Waals surface area contributed by atoms with Crippen LogP contribution in [0.4, 0.5) is 4.39 Å². The molecule has 0 saturated carbocycles. The first kappa shape index (κ1) is 24.9. The van der Waals surface area contributed by atoms with Gasteiger partial charge in [-0.05, 0) is 57.1 Å². The average Bonchev–Trinajstić information content (AvgIpc) is 3.48. The average molecular weight is 520 g/mol. The van der Waals surface area contributed by atoms with Gasteiger partial charge < -0.3 is 14.5 Å². The molecule has 0 atom stereocenters. The number of hydrogen-bond acceptors (Lipinski definition) is 8. The van der Waals surface area contributed by atoms with E-state index in [1.54, 1.807) is 31.2 Å². The van der Waals surface area contributed by atoms with E-state index in [0.717, 1.165) is 54.3 Å². The Morgan fingerprint density at radius 3 is 2.81 bits per heavy atom. The van der Waals surface area contributed by atoms with Gasteiger partial charge in [-0.25, -0.2) is 19.2 Å². The van der Waals surface area contributed by atoms with E-state index in [1.165, 1.54) is 17.4 Å².